The van der Waals surface area contributed by atoms with E-state index in [-0.39, 0.29) is 0 Å². The van der Waals surface area contributed by atoms with Crippen LogP contribution in [-0.4, -0.2) is 12.6 Å². The lowest BCUT2D eigenvalue weighted by Crippen LogP contribution is -2.29. The highest BCUT2D eigenvalue weighted by Crippen LogP contribution is 2.13. The van der Waals surface area contributed by atoms with Gasteiger partial charge in [-0.05, 0) is 43.7 Å². The normalized spacial score (nSPS) is 12.8. The van der Waals surface area contributed by atoms with Crippen LogP contribution in [0.1, 0.15) is 58.4 Å². The number of rotatable bonds is 10. The first kappa shape index (κ1) is 16.2. The van der Waals surface area contributed by atoms with Gasteiger partial charge in [-0.15, -0.1) is 0 Å². The molecule has 1 nitrogen and oxygen atoms in total. The third kappa shape index (κ3) is 8.05. The topological polar surface area (TPSA) is 12.0 Å². The zero-order valence-corrected chi connectivity index (χ0v) is 13.0. The molecule has 1 heteroatoms. The van der Waals surface area contributed by atoms with E-state index in [1.165, 1.54) is 44.1 Å². The van der Waals surface area contributed by atoms with Crippen LogP contribution in [0.15, 0.2) is 30.3 Å². The van der Waals surface area contributed by atoms with Crippen molar-refractivity contribution in [1.29, 1.82) is 0 Å². The average molecular weight is 261 g/mol. The first-order valence-corrected chi connectivity index (χ1v) is 7.99. The molecule has 1 atom stereocenters. The molecular formula is C18H31N. The minimum Gasteiger partial charge on any atom is -0.314 e. The Morgan fingerprint density at radius 3 is 2.26 bits per heavy atom. The lowest BCUT2D eigenvalue weighted by molar-refractivity contribution is 0.416. The average Bonchev–Trinajstić information content (AvgIpc) is 2.39. The highest BCUT2D eigenvalue weighted by molar-refractivity contribution is 5.14. The summed E-state index contributed by atoms with van der Waals surface area (Å²) in [5.41, 5.74) is 1.47. The summed E-state index contributed by atoms with van der Waals surface area (Å²) >= 11 is 0. The summed E-state index contributed by atoms with van der Waals surface area (Å²) in [6.07, 6.45) is 7.87. The van der Waals surface area contributed by atoms with Crippen molar-refractivity contribution in [3.8, 4) is 0 Å². The summed E-state index contributed by atoms with van der Waals surface area (Å²) in [6, 6.07) is 11.6. The maximum absolute atomic E-state index is 3.64. The van der Waals surface area contributed by atoms with Gasteiger partial charge in [-0.25, -0.2) is 0 Å². The Balaban J connectivity index is 2.21. The van der Waals surface area contributed by atoms with E-state index in [4.69, 9.17) is 0 Å². The minimum absolute atomic E-state index is 0.715. The molecule has 0 aromatic heterocycles. The molecule has 0 heterocycles. The molecule has 0 amide bonds. The largest absolute Gasteiger partial charge is 0.314 e. The van der Waals surface area contributed by atoms with Gasteiger partial charge in [0.1, 0.15) is 0 Å². The SMILES string of the molecule is CCNC(CCCc1ccccc1)CCCC(C)C. The molecule has 0 fully saturated rings. The quantitative estimate of drug-likeness (QED) is 0.637. The van der Waals surface area contributed by atoms with Gasteiger partial charge in [0, 0.05) is 6.04 Å². The molecule has 0 saturated carbocycles. The number of nitrogens with one attached hydrogen (secondary N) is 1. The Morgan fingerprint density at radius 1 is 0.947 bits per heavy atom. The third-order valence-corrected chi connectivity index (χ3v) is 3.69. The van der Waals surface area contributed by atoms with Crippen molar-refractivity contribution in [2.75, 3.05) is 6.54 Å². The smallest absolute Gasteiger partial charge is 0.00670 e. The predicted molar refractivity (Wildman–Crippen MR) is 85.5 cm³/mol. The number of hydrogen-bond donors (Lipinski definition) is 1. The maximum atomic E-state index is 3.64. The summed E-state index contributed by atoms with van der Waals surface area (Å²) in [5, 5.41) is 3.64. The molecule has 0 aliphatic rings. The van der Waals surface area contributed by atoms with Gasteiger partial charge in [-0.2, -0.15) is 0 Å². The van der Waals surface area contributed by atoms with Gasteiger partial charge >= 0.3 is 0 Å². The highest BCUT2D eigenvalue weighted by Gasteiger charge is 2.07. The zero-order chi connectivity index (χ0) is 13.9. The molecule has 108 valence electrons. The van der Waals surface area contributed by atoms with Crippen molar-refractivity contribution < 1.29 is 0 Å². The molecule has 0 aliphatic carbocycles. The summed E-state index contributed by atoms with van der Waals surface area (Å²) in [4.78, 5) is 0. The van der Waals surface area contributed by atoms with E-state index in [0.29, 0.717) is 6.04 Å². The van der Waals surface area contributed by atoms with Gasteiger partial charge in [0.2, 0.25) is 0 Å². The van der Waals surface area contributed by atoms with Gasteiger partial charge in [0.05, 0.1) is 0 Å². The summed E-state index contributed by atoms with van der Waals surface area (Å²) in [7, 11) is 0. The summed E-state index contributed by atoms with van der Waals surface area (Å²) in [5.74, 6) is 0.839. The molecule has 1 unspecified atom stereocenters. The monoisotopic (exact) mass is 261 g/mol. The highest BCUT2D eigenvalue weighted by atomic mass is 14.9. The van der Waals surface area contributed by atoms with Gasteiger partial charge in [-0.1, -0.05) is 63.9 Å². The fourth-order valence-electron chi connectivity index (χ4n) is 2.61. The fourth-order valence-corrected chi connectivity index (χ4v) is 2.61. The number of hydrogen-bond acceptors (Lipinski definition) is 1. The van der Waals surface area contributed by atoms with Crippen LogP contribution in [0.25, 0.3) is 0 Å². The van der Waals surface area contributed by atoms with E-state index < -0.39 is 0 Å². The lowest BCUT2D eigenvalue weighted by Gasteiger charge is -2.18. The van der Waals surface area contributed by atoms with E-state index in [0.717, 1.165) is 12.5 Å². The van der Waals surface area contributed by atoms with E-state index in [2.05, 4.69) is 56.4 Å². The van der Waals surface area contributed by atoms with Gasteiger partial charge in [-0.3, -0.25) is 0 Å². The first-order chi connectivity index (χ1) is 9.22. The standard InChI is InChI=1S/C18H31N/c1-4-19-18(14-8-10-16(2)3)15-9-13-17-11-6-5-7-12-17/h5-7,11-12,16,18-19H,4,8-10,13-15H2,1-3H3. The van der Waals surface area contributed by atoms with Gasteiger partial charge in [0.15, 0.2) is 0 Å². The second kappa shape index (κ2) is 10.0. The van der Waals surface area contributed by atoms with E-state index in [9.17, 15) is 0 Å². The minimum atomic E-state index is 0.715. The number of aryl methyl sites for hydroxylation is 1. The maximum Gasteiger partial charge on any atom is 0.00670 e. The Kier molecular flexibility index (Phi) is 8.57. The molecule has 0 aliphatic heterocycles. The van der Waals surface area contributed by atoms with Crippen LogP contribution in [0, 0.1) is 5.92 Å². The molecule has 0 bridgehead atoms. The summed E-state index contributed by atoms with van der Waals surface area (Å²) < 4.78 is 0. The van der Waals surface area contributed by atoms with Crippen molar-refractivity contribution in [2.45, 2.75) is 65.3 Å². The molecule has 0 radical (unpaired) electrons. The second-order valence-corrected chi connectivity index (χ2v) is 5.96. The van der Waals surface area contributed by atoms with Crippen LogP contribution in [0.4, 0.5) is 0 Å². The van der Waals surface area contributed by atoms with Crippen LogP contribution in [0.3, 0.4) is 0 Å². The molecule has 1 N–H and O–H groups in total. The molecule has 1 aromatic rings. The first-order valence-electron chi connectivity index (χ1n) is 7.99. The molecule has 0 spiro atoms. The summed E-state index contributed by atoms with van der Waals surface area (Å²) in [6.45, 7) is 7.94. The number of benzene rings is 1. The Hall–Kier alpha value is -0.820. The van der Waals surface area contributed by atoms with Crippen molar-refractivity contribution in [3.63, 3.8) is 0 Å². The second-order valence-electron chi connectivity index (χ2n) is 5.96. The lowest BCUT2D eigenvalue weighted by atomic mass is 9.98. The molecule has 0 saturated heterocycles. The van der Waals surface area contributed by atoms with Crippen LogP contribution in [-0.2, 0) is 6.42 Å². The van der Waals surface area contributed by atoms with Crippen molar-refractivity contribution in [2.24, 2.45) is 5.92 Å². The van der Waals surface area contributed by atoms with Crippen LogP contribution >= 0.6 is 0 Å². The van der Waals surface area contributed by atoms with Crippen molar-refractivity contribution in [1.82, 2.24) is 5.32 Å². The van der Waals surface area contributed by atoms with Crippen molar-refractivity contribution >= 4 is 0 Å². The van der Waals surface area contributed by atoms with Gasteiger partial charge in [0.25, 0.3) is 0 Å². The zero-order valence-electron chi connectivity index (χ0n) is 13.0. The molecule has 1 rings (SSSR count). The van der Waals surface area contributed by atoms with Gasteiger partial charge < -0.3 is 5.32 Å². The molecule has 19 heavy (non-hydrogen) atoms. The predicted octanol–water partition coefficient (Wildman–Crippen LogP) is 4.81. The third-order valence-electron chi connectivity index (χ3n) is 3.69. The van der Waals surface area contributed by atoms with E-state index in [1.807, 2.05) is 0 Å². The van der Waals surface area contributed by atoms with E-state index in [1.54, 1.807) is 0 Å². The Labute approximate surface area is 119 Å². The van der Waals surface area contributed by atoms with E-state index >= 15 is 0 Å². The van der Waals surface area contributed by atoms with Crippen LogP contribution < -0.4 is 5.32 Å². The van der Waals surface area contributed by atoms with Crippen molar-refractivity contribution in [3.05, 3.63) is 35.9 Å². The Bertz CT molecular complexity index is 305. The Morgan fingerprint density at radius 2 is 1.63 bits per heavy atom. The van der Waals surface area contributed by atoms with Crippen LogP contribution in [0.5, 0.6) is 0 Å². The van der Waals surface area contributed by atoms with Crippen LogP contribution in [0.2, 0.25) is 0 Å². The molecule has 1 aromatic carbocycles. The fraction of sp³-hybridized carbons (Fsp3) is 0.667. The molecular weight excluding hydrogens is 230 g/mol.